The average Bonchev–Trinajstić information content (AvgIpc) is 2.96. The molecular formula is C25H36N4O2. The van der Waals surface area contributed by atoms with Crippen LogP contribution in [0.2, 0.25) is 0 Å². The van der Waals surface area contributed by atoms with Gasteiger partial charge in [0.05, 0.1) is 13.1 Å². The van der Waals surface area contributed by atoms with Crippen molar-refractivity contribution in [1.82, 2.24) is 14.7 Å². The fourth-order valence-corrected chi connectivity index (χ4v) is 5.22. The SMILES string of the molecule is CN1/C(=C\C(=O)CN2CCN(CC(=O)N3CCCCC3)CC2)C(C)(C)c2ccccc21. The quantitative estimate of drug-likeness (QED) is 0.680. The first-order valence-corrected chi connectivity index (χ1v) is 11.7. The number of fused-ring (bicyclic) bond motifs is 1. The van der Waals surface area contributed by atoms with Gasteiger partial charge in [0, 0.05) is 69.2 Å². The number of allylic oxidation sites excluding steroid dienone is 1. The lowest BCUT2D eigenvalue weighted by Crippen LogP contribution is -2.51. The van der Waals surface area contributed by atoms with Crippen molar-refractivity contribution in [3.63, 3.8) is 0 Å². The van der Waals surface area contributed by atoms with E-state index in [2.05, 4.69) is 46.7 Å². The van der Waals surface area contributed by atoms with Crippen molar-refractivity contribution in [1.29, 1.82) is 0 Å². The van der Waals surface area contributed by atoms with Crippen LogP contribution in [0, 0.1) is 0 Å². The van der Waals surface area contributed by atoms with Gasteiger partial charge in [0.1, 0.15) is 0 Å². The third-order valence-corrected chi connectivity index (χ3v) is 7.15. The minimum atomic E-state index is -0.172. The molecule has 1 amide bonds. The van der Waals surface area contributed by atoms with Crippen LogP contribution in [0.3, 0.4) is 0 Å². The Bertz CT molecular complexity index is 849. The van der Waals surface area contributed by atoms with E-state index in [0.717, 1.165) is 57.8 Å². The summed E-state index contributed by atoms with van der Waals surface area (Å²) in [6.45, 7) is 10.5. The molecule has 6 heteroatoms. The largest absolute Gasteiger partial charge is 0.347 e. The zero-order valence-electron chi connectivity index (χ0n) is 19.3. The van der Waals surface area contributed by atoms with Crippen LogP contribution in [-0.2, 0) is 15.0 Å². The highest BCUT2D eigenvalue weighted by molar-refractivity contribution is 5.94. The average molecular weight is 425 g/mol. The first-order valence-electron chi connectivity index (χ1n) is 11.7. The molecule has 0 bridgehead atoms. The molecule has 2 saturated heterocycles. The smallest absolute Gasteiger partial charge is 0.236 e. The van der Waals surface area contributed by atoms with Gasteiger partial charge in [-0.1, -0.05) is 32.0 Å². The van der Waals surface area contributed by atoms with Crippen LogP contribution in [0.4, 0.5) is 5.69 Å². The molecule has 0 aromatic heterocycles. The summed E-state index contributed by atoms with van der Waals surface area (Å²) in [5.41, 5.74) is 3.33. The van der Waals surface area contributed by atoms with Crippen LogP contribution in [-0.4, -0.2) is 85.8 Å². The molecule has 1 aromatic carbocycles. The fraction of sp³-hybridized carbons (Fsp3) is 0.600. The zero-order chi connectivity index (χ0) is 22.0. The summed E-state index contributed by atoms with van der Waals surface area (Å²) in [4.78, 5) is 34.0. The summed E-state index contributed by atoms with van der Waals surface area (Å²) in [5, 5.41) is 0. The van der Waals surface area contributed by atoms with Gasteiger partial charge >= 0.3 is 0 Å². The predicted molar refractivity (Wildman–Crippen MR) is 124 cm³/mol. The number of nitrogens with zero attached hydrogens (tertiary/aromatic N) is 4. The Balaban J connectivity index is 1.29. The van der Waals surface area contributed by atoms with Crippen LogP contribution in [0.15, 0.2) is 36.0 Å². The first-order chi connectivity index (χ1) is 14.9. The number of anilines is 1. The topological polar surface area (TPSA) is 47.1 Å². The number of carbonyl (C=O) groups is 2. The predicted octanol–water partition coefficient (Wildman–Crippen LogP) is 2.50. The fourth-order valence-electron chi connectivity index (χ4n) is 5.22. The number of para-hydroxylation sites is 1. The number of likely N-dealkylation sites (N-methyl/N-ethyl adjacent to an activating group) is 1. The molecule has 168 valence electrons. The highest BCUT2D eigenvalue weighted by Gasteiger charge is 2.38. The molecule has 6 nitrogen and oxygen atoms in total. The van der Waals surface area contributed by atoms with Gasteiger partial charge in [-0.05, 0) is 30.9 Å². The number of hydrogen-bond donors (Lipinski definition) is 0. The number of likely N-dealkylation sites (tertiary alicyclic amines) is 1. The van der Waals surface area contributed by atoms with E-state index in [4.69, 9.17) is 0 Å². The Morgan fingerprint density at radius 3 is 2.16 bits per heavy atom. The van der Waals surface area contributed by atoms with Crippen LogP contribution in [0.1, 0.15) is 38.7 Å². The molecule has 0 N–H and O–H groups in total. The lowest BCUT2D eigenvalue weighted by Gasteiger charge is -2.35. The van der Waals surface area contributed by atoms with Gasteiger partial charge in [-0.2, -0.15) is 0 Å². The van der Waals surface area contributed by atoms with Crippen molar-refractivity contribution in [2.45, 2.75) is 38.5 Å². The first kappa shape index (κ1) is 22.0. The Kier molecular flexibility index (Phi) is 6.49. The lowest BCUT2D eigenvalue weighted by molar-refractivity contribution is -0.134. The number of piperazine rings is 1. The van der Waals surface area contributed by atoms with Gasteiger partial charge in [-0.25, -0.2) is 0 Å². The maximum absolute atomic E-state index is 12.9. The monoisotopic (exact) mass is 424 g/mol. The second kappa shape index (κ2) is 9.13. The Labute approximate surface area is 186 Å². The van der Waals surface area contributed by atoms with E-state index in [0.29, 0.717) is 13.1 Å². The third-order valence-electron chi connectivity index (χ3n) is 7.15. The minimum absolute atomic E-state index is 0.153. The number of rotatable bonds is 5. The Morgan fingerprint density at radius 2 is 1.52 bits per heavy atom. The van der Waals surface area contributed by atoms with Crippen LogP contribution >= 0.6 is 0 Å². The molecule has 0 radical (unpaired) electrons. The summed E-state index contributed by atoms with van der Waals surface area (Å²) >= 11 is 0. The highest BCUT2D eigenvalue weighted by atomic mass is 16.2. The second-order valence-electron chi connectivity index (χ2n) is 9.69. The number of benzene rings is 1. The molecule has 0 spiro atoms. The van der Waals surface area contributed by atoms with Crippen LogP contribution < -0.4 is 4.90 Å². The van der Waals surface area contributed by atoms with E-state index < -0.39 is 0 Å². The van der Waals surface area contributed by atoms with Gasteiger partial charge in [0.25, 0.3) is 0 Å². The second-order valence-corrected chi connectivity index (χ2v) is 9.69. The Morgan fingerprint density at radius 1 is 0.903 bits per heavy atom. The molecule has 31 heavy (non-hydrogen) atoms. The van der Waals surface area contributed by atoms with Crippen molar-refractivity contribution in [3.8, 4) is 0 Å². The van der Waals surface area contributed by atoms with Gasteiger partial charge in [0.15, 0.2) is 5.78 Å². The number of piperidine rings is 1. The van der Waals surface area contributed by atoms with Gasteiger partial charge in [-0.15, -0.1) is 0 Å². The van der Waals surface area contributed by atoms with Crippen molar-refractivity contribution in [2.75, 3.05) is 64.3 Å². The highest BCUT2D eigenvalue weighted by Crippen LogP contribution is 2.46. The number of hydrogen-bond acceptors (Lipinski definition) is 5. The van der Waals surface area contributed by atoms with E-state index >= 15 is 0 Å². The Hall–Kier alpha value is -2.18. The normalized spacial score (nSPS) is 23.3. The van der Waals surface area contributed by atoms with E-state index in [-0.39, 0.29) is 17.1 Å². The number of carbonyl (C=O) groups excluding carboxylic acids is 2. The van der Waals surface area contributed by atoms with Crippen LogP contribution in [0.5, 0.6) is 0 Å². The lowest BCUT2D eigenvalue weighted by atomic mass is 9.83. The molecule has 3 aliphatic heterocycles. The molecule has 4 rings (SSSR count). The van der Waals surface area contributed by atoms with Crippen LogP contribution in [0.25, 0.3) is 0 Å². The molecule has 1 aromatic rings. The maximum Gasteiger partial charge on any atom is 0.236 e. The van der Waals surface area contributed by atoms with E-state index in [1.165, 1.54) is 17.7 Å². The number of ketones is 1. The molecule has 3 aliphatic rings. The van der Waals surface area contributed by atoms with Gasteiger partial charge in [0.2, 0.25) is 5.91 Å². The summed E-state index contributed by atoms with van der Waals surface area (Å²) in [7, 11) is 2.05. The zero-order valence-corrected chi connectivity index (χ0v) is 19.3. The van der Waals surface area contributed by atoms with E-state index in [1.54, 1.807) is 0 Å². The molecule has 0 unspecified atom stereocenters. The third kappa shape index (κ3) is 4.70. The van der Waals surface area contributed by atoms with Crippen molar-refractivity contribution in [2.24, 2.45) is 0 Å². The minimum Gasteiger partial charge on any atom is -0.347 e. The van der Waals surface area contributed by atoms with Crippen molar-refractivity contribution < 1.29 is 9.59 Å². The summed E-state index contributed by atoms with van der Waals surface area (Å²) in [6, 6.07) is 8.38. The standard InChI is InChI=1S/C25H36N4O2/c1-25(2)21-9-5-6-10-22(21)26(3)23(25)17-20(30)18-27-13-15-28(16-14-27)19-24(31)29-11-7-4-8-12-29/h5-6,9-10,17H,4,7-8,11-16,18-19H2,1-3H3/b23-17-. The van der Waals surface area contributed by atoms with Gasteiger partial charge < -0.3 is 9.80 Å². The molecule has 0 atom stereocenters. The van der Waals surface area contributed by atoms with Crippen molar-refractivity contribution in [3.05, 3.63) is 41.6 Å². The van der Waals surface area contributed by atoms with Gasteiger partial charge in [-0.3, -0.25) is 19.4 Å². The van der Waals surface area contributed by atoms with E-state index in [1.807, 2.05) is 24.1 Å². The molecular weight excluding hydrogens is 388 g/mol. The molecule has 0 saturated carbocycles. The molecule has 0 aliphatic carbocycles. The number of amides is 1. The van der Waals surface area contributed by atoms with E-state index in [9.17, 15) is 9.59 Å². The molecule has 3 heterocycles. The summed E-state index contributed by atoms with van der Waals surface area (Å²) in [5.74, 6) is 0.417. The summed E-state index contributed by atoms with van der Waals surface area (Å²) in [6.07, 6.45) is 5.35. The summed E-state index contributed by atoms with van der Waals surface area (Å²) < 4.78 is 0. The maximum atomic E-state index is 12.9. The molecule has 2 fully saturated rings. The van der Waals surface area contributed by atoms with Crippen molar-refractivity contribution >= 4 is 17.4 Å².